The number of aliphatic hydroxyl groups excluding tert-OH is 2. The molecule has 0 spiro atoms. The van der Waals surface area contributed by atoms with Gasteiger partial charge in [0.15, 0.2) is 0 Å². The molecular formula is C3H5NaO7S. The van der Waals surface area contributed by atoms with E-state index in [2.05, 4.69) is 8.37 Å². The summed E-state index contributed by atoms with van der Waals surface area (Å²) in [6.07, 6.45) is -1.02. The first-order chi connectivity index (χ1) is 4.90. The summed E-state index contributed by atoms with van der Waals surface area (Å²) in [6.45, 7) is -0.952. The fourth-order valence-electron chi connectivity index (χ4n) is 0.479. The number of hydrogen-bond donors (Lipinski definition) is 3. The number of rotatable bonds is 2. The summed E-state index contributed by atoms with van der Waals surface area (Å²) in [7, 11) is -4.19. The molecule has 0 aromatic rings. The fourth-order valence-corrected chi connectivity index (χ4v) is 1.24. The van der Waals surface area contributed by atoms with E-state index in [1.807, 2.05) is 0 Å². The second kappa shape index (κ2) is 3.86. The van der Waals surface area contributed by atoms with Crippen molar-refractivity contribution in [2.75, 3.05) is 6.61 Å². The largest absolute Gasteiger partial charge is 1.00 e. The molecule has 0 bridgehead atoms. The Labute approximate surface area is 90.5 Å². The third-order valence-corrected chi connectivity index (χ3v) is 1.80. The van der Waals surface area contributed by atoms with Crippen LogP contribution in [0.1, 0.15) is 0 Å². The van der Waals surface area contributed by atoms with Crippen LogP contribution in [0.15, 0.2) is 0 Å². The summed E-state index contributed by atoms with van der Waals surface area (Å²) >= 11 is 0. The molecule has 0 aromatic heterocycles. The molecular weight excluding hydrogens is 203 g/mol. The van der Waals surface area contributed by atoms with Crippen molar-refractivity contribution in [2.45, 2.75) is 5.97 Å². The van der Waals surface area contributed by atoms with Crippen molar-refractivity contribution in [2.24, 2.45) is 0 Å². The van der Waals surface area contributed by atoms with E-state index in [0.717, 1.165) is 0 Å². The molecule has 0 aliphatic carbocycles. The van der Waals surface area contributed by atoms with E-state index in [1.54, 1.807) is 0 Å². The van der Waals surface area contributed by atoms with E-state index in [9.17, 15) is 8.42 Å². The Morgan fingerprint density at radius 2 is 1.83 bits per heavy atom. The first-order valence-electron chi connectivity index (χ1n) is 2.44. The Balaban J connectivity index is 0.00000121. The molecule has 0 saturated carbocycles. The minimum absolute atomic E-state index is 0. The Morgan fingerprint density at radius 1 is 1.42 bits per heavy atom. The van der Waals surface area contributed by atoms with E-state index in [0.29, 0.717) is 0 Å². The Bertz CT molecular complexity index is 235. The zero-order chi connectivity index (χ0) is 8.70. The molecule has 12 heavy (non-hydrogen) atoms. The molecule has 0 aromatic carbocycles. The summed E-state index contributed by atoms with van der Waals surface area (Å²) in [5.74, 6) is -2.70. The summed E-state index contributed by atoms with van der Waals surface area (Å²) < 4.78 is 27.7. The third-order valence-electron chi connectivity index (χ3n) is 0.944. The van der Waals surface area contributed by atoms with Crippen molar-refractivity contribution in [1.29, 1.82) is 0 Å². The van der Waals surface area contributed by atoms with Crippen molar-refractivity contribution in [3.63, 3.8) is 0 Å². The van der Waals surface area contributed by atoms with Crippen LogP contribution in [0.5, 0.6) is 0 Å². The maximum atomic E-state index is 10.1. The van der Waals surface area contributed by atoms with Crippen LogP contribution in [0, 0.1) is 6.10 Å². The van der Waals surface area contributed by atoms with Gasteiger partial charge in [-0.15, -0.1) is 0 Å². The smallest absolute Gasteiger partial charge is 0.553 e. The van der Waals surface area contributed by atoms with Gasteiger partial charge in [-0.25, -0.2) is 8.37 Å². The number of hydrogen-bond acceptors (Lipinski definition) is 7. The van der Waals surface area contributed by atoms with Crippen LogP contribution in [0.25, 0.3) is 0 Å². The quantitative estimate of drug-likeness (QED) is 0.307. The number of aliphatic hydroxyl groups is 3. The maximum Gasteiger partial charge on any atom is 1.00 e. The Morgan fingerprint density at radius 3 is 2.08 bits per heavy atom. The van der Waals surface area contributed by atoms with Gasteiger partial charge in [0.2, 0.25) is 5.97 Å². The zero-order valence-corrected chi connectivity index (χ0v) is 8.91. The zero-order valence-electron chi connectivity index (χ0n) is 6.09. The molecule has 1 aliphatic rings. The van der Waals surface area contributed by atoms with E-state index < -0.39 is 29.1 Å². The summed E-state index contributed by atoms with van der Waals surface area (Å²) in [4.78, 5) is 0. The van der Waals surface area contributed by atoms with E-state index >= 15 is 0 Å². The van der Waals surface area contributed by atoms with Crippen LogP contribution in [0.4, 0.5) is 0 Å². The minimum Gasteiger partial charge on any atom is -0.553 e. The van der Waals surface area contributed by atoms with Crippen LogP contribution in [-0.4, -0.2) is 36.3 Å². The molecule has 0 radical (unpaired) electrons. The summed E-state index contributed by atoms with van der Waals surface area (Å²) in [5, 5.41) is 25.5. The molecule has 3 N–H and O–H groups in total. The second-order valence-electron chi connectivity index (χ2n) is 1.76. The van der Waals surface area contributed by atoms with Crippen molar-refractivity contribution >= 4 is 10.4 Å². The molecule has 66 valence electrons. The molecule has 0 amide bonds. The van der Waals surface area contributed by atoms with Crippen LogP contribution in [0.3, 0.4) is 0 Å². The van der Waals surface area contributed by atoms with Crippen LogP contribution in [0.2, 0.25) is 0 Å². The van der Waals surface area contributed by atoms with Crippen molar-refractivity contribution < 1.29 is 61.7 Å². The predicted octanol–water partition coefficient (Wildman–Crippen LogP) is -5.18. The molecule has 1 heterocycles. The first kappa shape index (κ1) is 12.8. The summed E-state index contributed by atoms with van der Waals surface area (Å²) in [6, 6.07) is 0. The average Bonchev–Trinajstić information content (AvgIpc) is 1.81. The van der Waals surface area contributed by atoms with Gasteiger partial charge < -0.3 is 15.3 Å². The standard InChI is InChI=1S/C3H5O7S.Na/c4-1-2(5)3(6)9-11(7,8)10-3;/h4-6H,1H2;/q-1;+1. The van der Waals surface area contributed by atoms with Gasteiger partial charge in [0, 0.05) is 0 Å². The van der Waals surface area contributed by atoms with Crippen molar-refractivity contribution in [3.05, 3.63) is 6.10 Å². The maximum absolute atomic E-state index is 10.1. The van der Waals surface area contributed by atoms with Crippen LogP contribution >= 0.6 is 0 Å². The van der Waals surface area contributed by atoms with Crippen LogP contribution < -0.4 is 29.6 Å². The van der Waals surface area contributed by atoms with E-state index in [1.165, 1.54) is 0 Å². The molecule has 0 unspecified atom stereocenters. The van der Waals surface area contributed by atoms with E-state index in [4.69, 9.17) is 15.3 Å². The van der Waals surface area contributed by atoms with Crippen LogP contribution in [-0.2, 0) is 18.8 Å². The van der Waals surface area contributed by atoms with Gasteiger partial charge in [0.1, 0.15) is 0 Å². The van der Waals surface area contributed by atoms with E-state index in [-0.39, 0.29) is 29.6 Å². The monoisotopic (exact) mass is 208 g/mol. The van der Waals surface area contributed by atoms with Gasteiger partial charge in [0.05, 0.1) is 0 Å². The minimum atomic E-state index is -4.19. The molecule has 9 heteroatoms. The van der Waals surface area contributed by atoms with Gasteiger partial charge in [-0.1, -0.05) is 6.10 Å². The molecule has 0 atom stereocenters. The van der Waals surface area contributed by atoms with Gasteiger partial charge >= 0.3 is 40.0 Å². The molecule has 1 rings (SSSR count). The molecule has 7 nitrogen and oxygen atoms in total. The van der Waals surface area contributed by atoms with Gasteiger partial charge in [-0.05, 0) is 6.61 Å². The fraction of sp³-hybridized carbons (Fsp3) is 0.667. The normalized spacial score (nSPS) is 24.3. The van der Waals surface area contributed by atoms with Gasteiger partial charge in [-0.3, -0.25) is 0 Å². The third kappa shape index (κ3) is 2.37. The molecule has 1 saturated heterocycles. The average molecular weight is 208 g/mol. The van der Waals surface area contributed by atoms with Crippen molar-refractivity contribution in [1.82, 2.24) is 0 Å². The molecule has 1 fully saturated rings. The van der Waals surface area contributed by atoms with Crippen molar-refractivity contribution in [3.8, 4) is 0 Å². The molecule has 1 aliphatic heterocycles. The predicted molar refractivity (Wildman–Crippen MR) is 28.3 cm³/mol. The Kier molecular flexibility index (Phi) is 4.10. The topological polar surface area (TPSA) is 113 Å². The van der Waals surface area contributed by atoms with Gasteiger partial charge in [0.25, 0.3) is 0 Å². The van der Waals surface area contributed by atoms with Gasteiger partial charge in [-0.2, -0.15) is 8.42 Å². The summed E-state index contributed by atoms with van der Waals surface area (Å²) in [5.41, 5.74) is 0. The Hall–Kier alpha value is 0.750. The first-order valence-corrected chi connectivity index (χ1v) is 3.78. The second-order valence-corrected chi connectivity index (χ2v) is 2.91. The SMILES string of the molecule is O=S1(=O)OC(O)([C-](O)CO)O1.[Na+].